The van der Waals surface area contributed by atoms with E-state index >= 15 is 0 Å². The Labute approximate surface area is 124 Å². The average molecular weight is 283 g/mol. The first-order valence-electron chi connectivity index (χ1n) is 7.17. The second-order valence-electron chi connectivity index (χ2n) is 5.69. The molecule has 3 aromatic rings. The van der Waals surface area contributed by atoms with Gasteiger partial charge in [-0.1, -0.05) is 0 Å². The monoisotopic (exact) mass is 283 g/mol. The standard InChI is InChI=1S/C17H21N3O/c1-12-9-13(21-4)10-15-17(12)14-5-6-18-11-16(14)20(15)8-7-19(2)3/h5-6,9-11H,7-8H2,1-4H3. The molecule has 0 aliphatic carbocycles. The maximum atomic E-state index is 5.44. The van der Waals surface area contributed by atoms with Crippen molar-refractivity contribution in [3.05, 3.63) is 36.2 Å². The van der Waals surface area contributed by atoms with Crippen LogP contribution in [0.25, 0.3) is 21.8 Å². The molecular formula is C17H21N3O. The lowest BCUT2D eigenvalue weighted by Crippen LogP contribution is -2.18. The van der Waals surface area contributed by atoms with Gasteiger partial charge >= 0.3 is 0 Å². The minimum absolute atomic E-state index is 0.905. The normalized spacial score (nSPS) is 11.7. The van der Waals surface area contributed by atoms with E-state index in [1.165, 1.54) is 27.4 Å². The van der Waals surface area contributed by atoms with E-state index < -0.39 is 0 Å². The van der Waals surface area contributed by atoms with Crippen LogP contribution in [0.4, 0.5) is 0 Å². The van der Waals surface area contributed by atoms with Crippen LogP contribution >= 0.6 is 0 Å². The van der Waals surface area contributed by atoms with Crippen LogP contribution in [0, 0.1) is 6.92 Å². The quantitative estimate of drug-likeness (QED) is 0.737. The van der Waals surface area contributed by atoms with Gasteiger partial charge in [0, 0.05) is 36.1 Å². The smallest absolute Gasteiger partial charge is 0.121 e. The zero-order valence-corrected chi connectivity index (χ0v) is 13.1. The van der Waals surface area contributed by atoms with Crippen molar-refractivity contribution in [3.8, 4) is 5.75 Å². The number of hydrogen-bond donors (Lipinski definition) is 0. The number of rotatable bonds is 4. The number of ether oxygens (including phenoxy) is 1. The summed E-state index contributed by atoms with van der Waals surface area (Å²) < 4.78 is 7.78. The van der Waals surface area contributed by atoms with Crippen LogP contribution in [0.2, 0.25) is 0 Å². The van der Waals surface area contributed by atoms with Crippen LogP contribution in [0.3, 0.4) is 0 Å². The van der Waals surface area contributed by atoms with E-state index in [-0.39, 0.29) is 0 Å². The van der Waals surface area contributed by atoms with Crippen LogP contribution < -0.4 is 4.74 Å². The number of fused-ring (bicyclic) bond motifs is 3. The largest absolute Gasteiger partial charge is 0.497 e. The van der Waals surface area contributed by atoms with Crippen molar-refractivity contribution < 1.29 is 4.74 Å². The van der Waals surface area contributed by atoms with Crippen molar-refractivity contribution in [2.24, 2.45) is 0 Å². The molecular weight excluding hydrogens is 262 g/mol. The van der Waals surface area contributed by atoms with E-state index in [4.69, 9.17) is 4.74 Å². The first kappa shape index (κ1) is 13.9. The highest BCUT2D eigenvalue weighted by Crippen LogP contribution is 2.33. The Morgan fingerprint density at radius 3 is 2.76 bits per heavy atom. The number of methoxy groups -OCH3 is 1. The topological polar surface area (TPSA) is 30.3 Å². The molecule has 0 aliphatic heterocycles. The fourth-order valence-corrected chi connectivity index (χ4v) is 2.90. The van der Waals surface area contributed by atoms with Crippen LogP contribution in [0.5, 0.6) is 5.75 Å². The van der Waals surface area contributed by atoms with Gasteiger partial charge in [-0.3, -0.25) is 4.98 Å². The number of aromatic nitrogens is 2. The third kappa shape index (κ3) is 2.36. The van der Waals surface area contributed by atoms with Gasteiger partial charge in [-0.25, -0.2) is 0 Å². The number of pyridine rings is 1. The summed E-state index contributed by atoms with van der Waals surface area (Å²) in [7, 11) is 5.91. The zero-order valence-electron chi connectivity index (χ0n) is 13.1. The van der Waals surface area contributed by atoms with Gasteiger partial charge in [0.1, 0.15) is 5.75 Å². The molecule has 0 amide bonds. The van der Waals surface area contributed by atoms with Gasteiger partial charge in [0.25, 0.3) is 0 Å². The summed E-state index contributed by atoms with van der Waals surface area (Å²) in [5, 5.41) is 2.56. The first-order chi connectivity index (χ1) is 10.1. The molecule has 0 unspecified atom stereocenters. The molecule has 1 aromatic carbocycles. The summed E-state index contributed by atoms with van der Waals surface area (Å²) >= 11 is 0. The summed E-state index contributed by atoms with van der Waals surface area (Å²) in [5.74, 6) is 0.905. The first-order valence-corrected chi connectivity index (χ1v) is 7.17. The Hall–Kier alpha value is -2.07. The molecule has 4 nitrogen and oxygen atoms in total. The van der Waals surface area contributed by atoms with Crippen molar-refractivity contribution >= 4 is 21.8 Å². The predicted molar refractivity (Wildman–Crippen MR) is 87.1 cm³/mol. The molecule has 0 aliphatic rings. The number of hydrogen-bond acceptors (Lipinski definition) is 3. The Bertz CT molecular complexity index is 789. The molecule has 110 valence electrons. The summed E-state index contributed by atoms with van der Waals surface area (Å²) in [6.45, 7) is 4.07. The number of likely N-dealkylation sites (N-methyl/N-ethyl adjacent to an activating group) is 1. The molecule has 0 saturated heterocycles. The minimum Gasteiger partial charge on any atom is -0.497 e. The van der Waals surface area contributed by atoms with E-state index in [9.17, 15) is 0 Å². The van der Waals surface area contributed by atoms with Gasteiger partial charge in [0.2, 0.25) is 0 Å². The maximum absolute atomic E-state index is 5.44. The third-order valence-electron chi connectivity index (χ3n) is 3.95. The van der Waals surface area contributed by atoms with E-state index in [2.05, 4.69) is 53.7 Å². The second-order valence-corrected chi connectivity index (χ2v) is 5.69. The van der Waals surface area contributed by atoms with Crippen molar-refractivity contribution in [2.45, 2.75) is 13.5 Å². The Morgan fingerprint density at radius 2 is 2.05 bits per heavy atom. The highest BCUT2D eigenvalue weighted by Gasteiger charge is 2.14. The van der Waals surface area contributed by atoms with Crippen LogP contribution in [0.15, 0.2) is 30.6 Å². The molecule has 4 heteroatoms. The highest BCUT2D eigenvalue weighted by atomic mass is 16.5. The molecule has 0 bridgehead atoms. The molecule has 0 saturated carbocycles. The molecule has 3 rings (SSSR count). The summed E-state index contributed by atoms with van der Waals surface area (Å²) in [6.07, 6.45) is 3.82. The lowest BCUT2D eigenvalue weighted by atomic mass is 10.1. The molecule has 21 heavy (non-hydrogen) atoms. The number of aryl methyl sites for hydroxylation is 1. The molecule has 2 heterocycles. The molecule has 0 N–H and O–H groups in total. The van der Waals surface area contributed by atoms with Crippen molar-refractivity contribution in [3.63, 3.8) is 0 Å². The van der Waals surface area contributed by atoms with E-state index in [0.29, 0.717) is 0 Å². The highest BCUT2D eigenvalue weighted by molar-refractivity contribution is 6.09. The Morgan fingerprint density at radius 1 is 1.24 bits per heavy atom. The zero-order chi connectivity index (χ0) is 15.0. The molecule has 0 radical (unpaired) electrons. The minimum atomic E-state index is 0.905. The summed E-state index contributed by atoms with van der Waals surface area (Å²) in [4.78, 5) is 6.50. The van der Waals surface area contributed by atoms with E-state index in [1.807, 2.05) is 12.4 Å². The lowest BCUT2D eigenvalue weighted by molar-refractivity contribution is 0.389. The van der Waals surface area contributed by atoms with Gasteiger partial charge in [0.05, 0.1) is 24.3 Å². The third-order valence-corrected chi connectivity index (χ3v) is 3.95. The van der Waals surface area contributed by atoms with Crippen molar-refractivity contribution in [2.75, 3.05) is 27.7 Å². The molecule has 0 atom stereocenters. The molecule has 0 fully saturated rings. The fourth-order valence-electron chi connectivity index (χ4n) is 2.90. The predicted octanol–water partition coefficient (Wildman–Crippen LogP) is 3.07. The SMILES string of the molecule is COc1cc(C)c2c3ccncc3n(CCN(C)C)c2c1. The van der Waals surface area contributed by atoms with Gasteiger partial charge in [0.15, 0.2) is 0 Å². The van der Waals surface area contributed by atoms with Crippen LogP contribution in [0.1, 0.15) is 5.56 Å². The molecule has 2 aromatic heterocycles. The average Bonchev–Trinajstić information content (AvgIpc) is 2.79. The van der Waals surface area contributed by atoms with Gasteiger partial charge in [-0.05, 0) is 38.7 Å². The summed E-state index contributed by atoms with van der Waals surface area (Å²) in [6, 6.07) is 6.32. The number of nitrogens with zero attached hydrogens (tertiary/aromatic N) is 3. The number of benzene rings is 1. The van der Waals surface area contributed by atoms with Gasteiger partial charge in [-0.15, -0.1) is 0 Å². The Kier molecular flexibility index (Phi) is 3.55. The van der Waals surface area contributed by atoms with Crippen LogP contribution in [-0.2, 0) is 6.54 Å². The van der Waals surface area contributed by atoms with Gasteiger partial charge < -0.3 is 14.2 Å². The van der Waals surface area contributed by atoms with E-state index in [0.717, 1.165) is 18.8 Å². The Balaban J connectivity index is 2.32. The fraction of sp³-hybridized carbons (Fsp3) is 0.353. The molecule has 0 spiro atoms. The van der Waals surface area contributed by atoms with E-state index in [1.54, 1.807) is 7.11 Å². The van der Waals surface area contributed by atoms with Gasteiger partial charge in [-0.2, -0.15) is 0 Å². The second kappa shape index (κ2) is 5.37. The lowest BCUT2D eigenvalue weighted by Gasteiger charge is -2.13. The van der Waals surface area contributed by atoms with Crippen molar-refractivity contribution in [1.82, 2.24) is 14.5 Å². The summed E-state index contributed by atoms with van der Waals surface area (Å²) in [5.41, 5.74) is 3.64. The maximum Gasteiger partial charge on any atom is 0.121 e. The van der Waals surface area contributed by atoms with Crippen molar-refractivity contribution in [1.29, 1.82) is 0 Å². The van der Waals surface area contributed by atoms with Crippen LogP contribution in [-0.4, -0.2) is 42.2 Å².